The van der Waals surface area contributed by atoms with Crippen molar-refractivity contribution >= 4 is 11.7 Å². The predicted octanol–water partition coefficient (Wildman–Crippen LogP) is 1.64. The highest BCUT2D eigenvalue weighted by Crippen LogP contribution is 2.47. The molecule has 0 bridgehead atoms. The molecule has 2 saturated heterocycles. The Morgan fingerprint density at radius 1 is 1.19 bits per heavy atom. The zero-order chi connectivity index (χ0) is 26.2. The number of methoxy groups -OCH3 is 1. The number of anilines is 1. The Labute approximate surface area is 212 Å². The Kier molecular flexibility index (Phi) is 7.45. The molecule has 0 aliphatic carbocycles. The molecular formula is C27H37N3O6. The number of hydrogen-bond donors (Lipinski definition) is 3. The van der Waals surface area contributed by atoms with Gasteiger partial charge in [0.15, 0.2) is 17.6 Å². The average molecular weight is 500 g/mol. The third-order valence-electron chi connectivity index (χ3n) is 7.67. The Morgan fingerprint density at radius 2 is 1.92 bits per heavy atom. The van der Waals surface area contributed by atoms with E-state index >= 15 is 0 Å². The molecule has 2 fully saturated rings. The number of aromatic nitrogens is 1. The monoisotopic (exact) mass is 499 g/mol. The first kappa shape index (κ1) is 26.2. The minimum absolute atomic E-state index is 0.0267. The maximum atomic E-state index is 12.6. The van der Waals surface area contributed by atoms with Gasteiger partial charge in [-0.25, -0.2) is 4.98 Å². The molecule has 1 aromatic heterocycles. The van der Waals surface area contributed by atoms with Crippen molar-refractivity contribution in [2.45, 2.75) is 51.9 Å². The van der Waals surface area contributed by atoms with Crippen LogP contribution in [0.15, 0.2) is 30.5 Å². The molecule has 0 saturated carbocycles. The molecule has 2 aromatic rings. The van der Waals surface area contributed by atoms with Crippen molar-refractivity contribution in [2.24, 2.45) is 5.41 Å². The van der Waals surface area contributed by atoms with Gasteiger partial charge in [0, 0.05) is 30.6 Å². The van der Waals surface area contributed by atoms with Crippen LogP contribution in [0.1, 0.15) is 36.5 Å². The maximum Gasteiger partial charge on any atom is 0.253 e. The van der Waals surface area contributed by atoms with E-state index in [9.17, 15) is 20.1 Å². The van der Waals surface area contributed by atoms with Gasteiger partial charge in [-0.3, -0.25) is 4.79 Å². The molecule has 4 atom stereocenters. The summed E-state index contributed by atoms with van der Waals surface area (Å²) >= 11 is 0. The normalized spacial score (nSPS) is 23.8. The summed E-state index contributed by atoms with van der Waals surface area (Å²) in [5.41, 5.74) is 2.54. The van der Waals surface area contributed by atoms with Crippen LogP contribution in [0, 0.1) is 19.3 Å². The highest BCUT2D eigenvalue weighted by atomic mass is 16.5. The topological polar surface area (TPSA) is 116 Å². The molecule has 3 N–H and O–H groups in total. The number of aliphatic hydroxyl groups excluding tert-OH is 3. The van der Waals surface area contributed by atoms with E-state index in [1.54, 1.807) is 14.0 Å². The van der Waals surface area contributed by atoms with Crippen LogP contribution in [0.25, 0.3) is 0 Å². The quantitative estimate of drug-likeness (QED) is 0.502. The zero-order valence-electron chi connectivity index (χ0n) is 21.6. The first-order valence-electron chi connectivity index (χ1n) is 12.4. The van der Waals surface area contributed by atoms with E-state index in [2.05, 4.69) is 22.9 Å². The van der Waals surface area contributed by atoms with Crippen LogP contribution in [0.4, 0.5) is 5.82 Å². The molecule has 1 unspecified atom stereocenters. The summed E-state index contributed by atoms with van der Waals surface area (Å²) in [7, 11) is 1.60. The van der Waals surface area contributed by atoms with Gasteiger partial charge in [-0.2, -0.15) is 0 Å². The second-order valence-corrected chi connectivity index (χ2v) is 10.4. The van der Waals surface area contributed by atoms with Crippen LogP contribution < -0.4 is 14.4 Å². The number of pyridine rings is 1. The van der Waals surface area contributed by atoms with E-state index in [4.69, 9.17) is 9.47 Å². The van der Waals surface area contributed by atoms with Crippen LogP contribution in [-0.4, -0.2) is 89.3 Å². The smallest absolute Gasteiger partial charge is 0.253 e. The molecule has 2 aliphatic heterocycles. The number of ether oxygens (including phenoxy) is 2. The number of benzene rings is 1. The molecule has 1 amide bonds. The van der Waals surface area contributed by atoms with Gasteiger partial charge in [0.05, 0.1) is 32.9 Å². The third-order valence-corrected chi connectivity index (χ3v) is 7.67. The van der Waals surface area contributed by atoms with Crippen molar-refractivity contribution in [3.8, 4) is 11.5 Å². The Balaban J connectivity index is 1.53. The summed E-state index contributed by atoms with van der Waals surface area (Å²) < 4.78 is 11.9. The summed E-state index contributed by atoms with van der Waals surface area (Å²) in [6.07, 6.45) is -0.327. The first-order valence-corrected chi connectivity index (χ1v) is 12.4. The molecule has 3 heterocycles. The van der Waals surface area contributed by atoms with Gasteiger partial charge in [0.1, 0.15) is 11.9 Å². The third kappa shape index (κ3) is 4.87. The minimum atomic E-state index is -1.47. The van der Waals surface area contributed by atoms with Gasteiger partial charge in [0.2, 0.25) is 0 Å². The molecule has 2 aliphatic rings. The van der Waals surface area contributed by atoms with E-state index in [1.165, 1.54) is 4.90 Å². The average Bonchev–Trinajstić information content (AvgIpc) is 3.19. The van der Waals surface area contributed by atoms with Crippen LogP contribution >= 0.6 is 0 Å². The highest BCUT2D eigenvalue weighted by molar-refractivity contribution is 5.81. The minimum Gasteiger partial charge on any atom is -0.493 e. The zero-order valence-corrected chi connectivity index (χ0v) is 21.6. The molecule has 0 radical (unpaired) electrons. The Hall–Kier alpha value is -2.88. The van der Waals surface area contributed by atoms with E-state index in [1.807, 2.05) is 38.2 Å². The van der Waals surface area contributed by atoms with E-state index in [0.29, 0.717) is 31.1 Å². The number of hydrogen-bond acceptors (Lipinski definition) is 8. The number of amides is 1. The number of carbonyl (C=O) groups excluding carboxylic acids is 1. The van der Waals surface area contributed by atoms with Crippen LogP contribution in [-0.2, 0) is 4.79 Å². The van der Waals surface area contributed by atoms with Crippen LogP contribution in [0.2, 0.25) is 0 Å². The molecular weight excluding hydrogens is 462 g/mol. The van der Waals surface area contributed by atoms with E-state index < -0.39 is 30.1 Å². The highest BCUT2D eigenvalue weighted by Gasteiger charge is 2.49. The number of nitrogens with zero attached hydrogens (tertiary/aromatic N) is 3. The number of aliphatic hydroxyl groups is 3. The van der Waals surface area contributed by atoms with E-state index in [-0.39, 0.29) is 18.6 Å². The summed E-state index contributed by atoms with van der Waals surface area (Å²) in [6, 6.07) is 7.83. The van der Waals surface area contributed by atoms with Crippen LogP contribution in [0.3, 0.4) is 0 Å². The second kappa shape index (κ2) is 10.2. The van der Waals surface area contributed by atoms with Gasteiger partial charge in [-0.1, -0.05) is 19.1 Å². The van der Waals surface area contributed by atoms with Crippen molar-refractivity contribution in [1.29, 1.82) is 0 Å². The molecule has 4 rings (SSSR count). The van der Waals surface area contributed by atoms with Gasteiger partial charge >= 0.3 is 0 Å². The molecule has 0 spiro atoms. The SMILES string of the molecule is COc1ccc([C@@H]2CN(C(=O)C(O)CO)C[C@@]2(C)[C@@H](C)O)cc1OC1CN(c2ncc(C)cc2C)C1. The van der Waals surface area contributed by atoms with Crippen molar-refractivity contribution in [2.75, 3.05) is 44.8 Å². The fraction of sp³-hybridized carbons (Fsp3) is 0.556. The van der Waals surface area contributed by atoms with Gasteiger partial charge in [-0.05, 0) is 49.6 Å². The number of likely N-dealkylation sites (tertiary alicyclic amines) is 1. The first-order chi connectivity index (χ1) is 17.1. The van der Waals surface area contributed by atoms with E-state index in [0.717, 1.165) is 22.5 Å². The lowest BCUT2D eigenvalue weighted by molar-refractivity contribution is -0.141. The fourth-order valence-corrected chi connectivity index (χ4v) is 5.29. The lowest BCUT2D eigenvalue weighted by Gasteiger charge is -2.40. The van der Waals surface area contributed by atoms with Gasteiger partial charge in [0.25, 0.3) is 5.91 Å². The summed E-state index contributed by atoms with van der Waals surface area (Å²) in [5, 5.41) is 29.8. The summed E-state index contributed by atoms with van der Waals surface area (Å²) in [5.74, 6) is 1.46. The van der Waals surface area contributed by atoms with Crippen molar-refractivity contribution in [3.63, 3.8) is 0 Å². The van der Waals surface area contributed by atoms with Crippen molar-refractivity contribution in [3.05, 3.63) is 47.2 Å². The van der Waals surface area contributed by atoms with Crippen molar-refractivity contribution in [1.82, 2.24) is 9.88 Å². The number of rotatable bonds is 8. The van der Waals surface area contributed by atoms with Crippen LogP contribution in [0.5, 0.6) is 11.5 Å². The maximum absolute atomic E-state index is 12.6. The predicted molar refractivity (Wildman–Crippen MR) is 136 cm³/mol. The standard InChI is InChI=1S/C27H37N3O6/c1-16-8-17(2)25(28-10-16)29-11-20(12-29)36-24-9-19(6-7-23(24)35-5)21-13-30(26(34)22(33)14-31)15-27(21,4)18(3)32/h6-10,18,20-22,31-33H,11-15H2,1-5H3/t18-,21+,22?,27+/m1/s1. The lowest BCUT2D eigenvalue weighted by Crippen LogP contribution is -2.54. The second-order valence-electron chi connectivity index (χ2n) is 10.4. The Morgan fingerprint density at radius 3 is 2.53 bits per heavy atom. The lowest BCUT2D eigenvalue weighted by atomic mass is 9.72. The fourth-order valence-electron chi connectivity index (χ4n) is 5.29. The largest absolute Gasteiger partial charge is 0.493 e. The molecule has 9 nitrogen and oxygen atoms in total. The summed E-state index contributed by atoms with van der Waals surface area (Å²) in [4.78, 5) is 20.9. The van der Waals surface area contributed by atoms with Gasteiger partial charge in [-0.15, -0.1) is 0 Å². The molecule has 196 valence electrons. The molecule has 9 heteroatoms. The number of aryl methyl sites for hydroxylation is 2. The molecule has 1 aromatic carbocycles. The molecule has 36 heavy (non-hydrogen) atoms. The van der Waals surface area contributed by atoms with Crippen molar-refractivity contribution < 1.29 is 29.6 Å². The summed E-state index contributed by atoms with van der Waals surface area (Å²) in [6.45, 7) is 9.11. The Bertz CT molecular complexity index is 1100. The van der Waals surface area contributed by atoms with Gasteiger partial charge < -0.3 is 34.6 Å². The number of carbonyl (C=O) groups is 1.